The molecule has 0 unspecified atom stereocenters. The van der Waals surface area contributed by atoms with Crippen LogP contribution in [0.3, 0.4) is 0 Å². The lowest BCUT2D eigenvalue weighted by atomic mass is 11.0. The van der Waals surface area contributed by atoms with Crippen LogP contribution < -0.4 is 0 Å². The van der Waals surface area contributed by atoms with Crippen molar-refractivity contribution in [1.82, 2.24) is 0 Å². The largest absolute Gasteiger partial charge is 0.190 e. The summed E-state index contributed by atoms with van der Waals surface area (Å²) in [6.45, 7) is 1.59. The molecular formula is C2H5O2S. The van der Waals surface area contributed by atoms with Crippen LogP contribution in [0.15, 0.2) is 0 Å². The van der Waals surface area contributed by atoms with Crippen LogP contribution >= 0.6 is 0 Å². The van der Waals surface area contributed by atoms with Crippen molar-refractivity contribution in [3.63, 3.8) is 0 Å². The van der Waals surface area contributed by atoms with Gasteiger partial charge in [-0.3, -0.25) is 0 Å². The van der Waals surface area contributed by atoms with Gasteiger partial charge in [0.15, 0.2) is 10.7 Å². The highest BCUT2D eigenvalue weighted by atomic mass is 32.2. The van der Waals surface area contributed by atoms with Crippen LogP contribution in [0.2, 0.25) is 0 Å². The molecule has 0 atom stereocenters. The number of rotatable bonds is 1. The topological polar surface area (TPSA) is 34.1 Å². The molecule has 1 radical (unpaired) electrons. The third kappa shape index (κ3) is 3.82. The molecule has 0 aromatic rings. The molecule has 0 N–H and O–H groups in total. The monoisotopic (exact) mass is 93.0 g/mol. The minimum Gasteiger partial charge on any atom is -0.190 e. The van der Waals surface area contributed by atoms with Gasteiger partial charge in [-0.05, 0) is 6.92 Å². The molecule has 0 saturated heterocycles. The number of hydrogen-bond donors (Lipinski definition) is 0. The Labute approximate surface area is 32.8 Å². The molecule has 0 heterocycles. The summed E-state index contributed by atoms with van der Waals surface area (Å²) in [7, 11) is -1.82. The fourth-order valence-corrected chi connectivity index (χ4v) is 0. The van der Waals surface area contributed by atoms with Crippen LogP contribution in [0.1, 0.15) is 6.92 Å². The summed E-state index contributed by atoms with van der Waals surface area (Å²) in [5.41, 5.74) is 0. The van der Waals surface area contributed by atoms with Gasteiger partial charge in [0.1, 0.15) is 0 Å². The molecule has 0 saturated carbocycles. The summed E-state index contributed by atoms with van der Waals surface area (Å²) in [4.78, 5) is 0. The summed E-state index contributed by atoms with van der Waals surface area (Å²) in [6, 6.07) is 0. The minimum absolute atomic E-state index is 0.222. The van der Waals surface area contributed by atoms with E-state index in [0.29, 0.717) is 0 Å². The van der Waals surface area contributed by atoms with Gasteiger partial charge in [0.05, 0.1) is 5.75 Å². The van der Waals surface area contributed by atoms with Crippen LogP contribution in [0, 0.1) is 0 Å². The van der Waals surface area contributed by atoms with Gasteiger partial charge in [0.25, 0.3) is 0 Å². The summed E-state index contributed by atoms with van der Waals surface area (Å²) in [5.74, 6) is 0.222. The van der Waals surface area contributed by atoms with Gasteiger partial charge < -0.3 is 0 Å². The molecule has 0 rings (SSSR count). The quantitative estimate of drug-likeness (QED) is 0.453. The summed E-state index contributed by atoms with van der Waals surface area (Å²) in [6.07, 6.45) is 0. The highest BCUT2D eigenvalue weighted by Crippen LogP contribution is 1.53. The Bertz CT molecular complexity index is 65.7. The SMILES string of the molecule is CC[S](=O)=O. The van der Waals surface area contributed by atoms with E-state index in [9.17, 15) is 8.42 Å². The van der Waals surface area contributed by atoms with E-state index >= 15 is 0 Å². The Hall–Kier alpha value is -0.180. The van der Waals surface area contributed by atoms with Gasteiger partial charge in [-0.1, -0.05) is 0 Å². The van der Waals surface area contributed by atoms with Crippen LogP contribution in [-0.2, 0) is 10.7 Å². The van der Waals surface area contributed by atoms with E-state index < -0.39 is 10.7 Å². The lowest BCUT2D eigenvalue weighted by Crippen LogP contribution is -1.73. The molecule has 2 nitrogen and oxygen atoms in total. The molecule has 0 fully saturated rings. The fourth-order valence-electron chi connectivity index (χ4n) is 0. The molecular weight excluding hydrogens is 88.1 g/mol. The van der Waals surface area contributed by atoms with E-state index in [1.807, 2.05) is 0 Å². The Kier molecular flexibility index (Phi) is 2.01. The summed E-state index contributed by atoms with van der Waals surface area (Å²) >= 11 is 0. The van der Waals surface area contributed by atoms with Gasteiger partial charge >= 0.3 is 0 Å². The lowest BCUT2D eigenvalue weighted by Gasteiger charge is -1.56. The average Bonchev–Trinajstić information content (AvgIpc) is 1.38. The maximum absolute atomic E-state index is 9.37. The molecule has 31 valence electrons. The second-order valence-electron chi connectivity index (χ2n) is 0.592. The third-order valence-electron chi connectivity index (χ3n) is 0.236. The van der Waals surface area contributed by atoms with Crippen LogP contribution in [0.4, 0.5) is 0 Å². The van der Waals surface area contributed by atoms with E-state index in [0.717, 1.165) is 0 Å². The molecule has 0 aliphatic carbocycles. The van der Waals surface area contributed by atoms with E-state index in [-0.39, 0.29) is 5.75 Å². The summed E-state index contributed by atoms with van der Waals surface area (Å²) in [5, 5.41) is 0. The van der Waals surface area contributed by atoms with Crippen molar-refractivity contribution in [2.24, 2.45) is 0 Å². The standard InChI is InChI=1S/C2H5O2S/c1-2-5(3)4/h2H2,1H3. The molecule has 0 amide bonds. The lowest BCUT2D eigenvalue weighted by molar-refractivity contribution is 0.615. The Morgan fingerprint density at radius 1 is 1.60 bits per heavy atom. The van der Waals surface area contributed by atoms with Crippen molar-refractivity contribution >= 4 is 10.7 Å². The highest BCUT2D eigenvalue weighted by Gasteiger charge is 1.69. The van der Waals surface area contributed by atoms with Gasteiger partial charge in [-0.25, -0.2) is 0 Å². The van der Waals surface area contributed by atoms with Crippen LogP contribution in [0.25, 0.3) is 0 Å². The van der Waals surface area contributed by atoms with Gasteiger partial charge in [-0.2, -0.15) is 8.42 Å². The molecule has 5 heavy (non-hydrogen) atoms. The molecule has 0 aliphatic heterocycles. The normalized spacial score (nSPS) is 7.40. The van der Waals surface area contributed by atoms with Crippen molar-refractivity contribution in [2.75, 3.05) is 5.75 Å². The first-order valence-electron chi connectivity index (χ1n) is 1.33. The second kappa shape index (κ2) is 2.08. The van der Waals surface area contributed by atoms with Gasteiger partial charge in [0, 0.05) is 0 Å². The zero-order chi connectivity index (χ0) is 4.28. The maximum atomic E-state index is 9.37. The molecule has 0 aromatic carbocycles. The molecule has 0 bridgehead atoms. The van der Waals surface area contributed by atoms with Crippen molar-refractivity contribution < 1.29 is 8.42 Å². The Balaban J connectivity index is 3.23. The fraction of sp³-hybridized carbons (Fsp3) is 1.00. The van der Waals surface area contributed by atoms with E-state index in [4.69, 9.17) is 0 Å². The Morgan fingerprint density at radius 2 is 1.80 bits per heavy atom. The first kappa shape index (κ1) is 4.82. The highest BCUT2D eigenvalue weighted by molar-refractivity contribution is 7.72. The van der Waals surface area contributed by atoms with E-state index in [1.165, 1.54) is 0 Å². The first-order valence-corrected chi connectivity index (χ1v) is 2.57. The predicted molar refractivity (Wildman–Crippen MR) is 19.5 cm³/mol. The first-order chi connectivity index (χ1) is 2.27. The van der Waals surface area contributed by atoms with Crippen LogP contribution in [-0.4, -0.2) is 14.2 Å². The zero-order valence-electron chi connectivity index (χ0n) is 2.93. The van der Waals surface area contributed by atoms with Crippen molar-refractivity contribution in [2.45, 2.75) is 6.92 Å². The van der Waals surface area contributed by atoms with E-state index in [1.54, 1.807) is 6.92 Å². The maximum Gasteiger partial charge on any atom is 0.187 e. The molecule has 0 aliphatic rings. The van der Waals surface area contributed by atoms with Gasteiger partial charge in [-0.15, -0.1) is 0 Å². The van der Waals surface area contributed by atoms with E-state index in [2.05, 4.69) is 0 Å². The van der Waals surface area contributed by atoms with Crippen molar-refractivity contribution in [3.05, 3.63) is 0 Å². The smallest absolute Gasteiger partial charge is 0.187 e. The molecule has 0 spiro atoms. The molecule has 3 heteroatoms. The summed E-state index contributed by atoms with van der Waals surface area (Å²) < 4.78 is 18.7. The van der Waals surface area contributed by atoms with Crippen LogP contribution in [0.5, 0.6) is 0 Å². The third-order valence-corrected chi connectivity index (χ3v) is 0.707. The zero-order valence-corrected chi connectivity index (χ0v) is 3.75. The number of hydrogen-bond acceptors (Lipinski definition) is 2. The second-order valence-corrected chi connectivity index (χ2v) is 1.78. The Morgan fingerprint density at radius 3 is 1.80 bits per heavy atom. The van der Waals surface area contributed by atoms with Crippen molar-refractivity contribution in [1.29, 1.82) is 0 Å². The van der Waals surface area contributed by atoms with Gasteiger partial charge in [0.2, 0.25) is 0 Å². The predicted octanol–water partition coefficient (Wildman–Crippen LogP) is -0.115. The average molecular weight is 93.1 g/mol. The van der Waals surface area contributed by atoms with Crippen molar-refractivity contribution in [3.8, 4) is 0 Å². The molecule has 0 aromatic heterocycles. The minimum atomic E-state index is -1.82.